The van der Waals surface area contributed by atoms with Gasteiger partial charge in [0.1, 0.15) is 11.5 Å². The maximum atomic E-state index is 12.6. The lowest BCUT2D eigenvalue weighted by atomic mass is 9.98. The molecule has 3 rings (SSSR count). The van der Waals surface area contributed by atoms with E-state index in [1.165, 1.54) is 4.31 Å². The Bertz CT molecular complexity index is 799. The maximum Gasteiger partial charge on any atom is 0.244 e. The summed E-state index contributed by atoms with van der Waals surface area (Å²) >= 11 is 0. The lowest BCUT2D eigenvalue weighted by Crippen LogP contribution is -2.24. The molecule has 2 aromatic rings. The Morgan fingerprint density at radius 2 is 1.55 bits per heavy atom. The van der Waals surface area contributed by atoms with Crippen molar-refractivity contribution < 1.29 is 17.9 Å². The van der Waals surface area contributed by atoms with E-state index in [9.17, 15) is 8.42 Å². The van der Waals surface area contributed by atoms with Crippen LogP contribution in [-0.4, -0.2) is 34.0 Å². The first kappa shape index (κ1) is 14.9. The average Bonchev–Trinajstić information content (AvgIpc) is 2.74. The smallest absolute Gasteiger partial charge is 0.244 e. The quantitative estimate of drug-likeness (QED) is 0.872. The van der Waals surface area contributed by atoms with Crippen molar-refractivity contribution in [2.24, 2.45) is 0 Å². The first-order chi connectivity index (χ1) is 10.5. The van der Waals surface area contributed by atoms with Gasteiger partial charge in [-0.05, 0) is 41.5 Å². The SMILES string of the molecule is COc1ccc(C2c3cc(OC)ccc3S(=O)(=O)N2C)cc1. The van der Waals surface area contributed by atoms with Gasteiger partial charge in [0, 0.05) is 7.05 Å². The zero-order valence-corrected chi connectivity index (χ0v) is 13.4. The first-order valence-electron chi connectivity index (χ1n) is 6.79. The summed E-state index contributed by atoms with van der Waals surface area (Å²) in [5.74, 6) is 1.38. The van der Waals surface area contributed by atoms with E-state index in [0.717, 1.165) is 16.9 Å². The molecule has 0 fully saturated rings. The molecule has 0 bridgehead atoms. The molecular formula is C16H17NO4S. The fourth-order valence-corrected chi connectivity index (χ4v) is 4.30. The fourth-order valence-electron chi connectivity index (χ4n) is 2.77. The third kappa shape index (κ3) is 2.15. The van der Waals surface area contributed by atoms with Crippen LogP contribution < -0.4 is 9.47 Å². The molecule has 22 heavy (non-hydrogen) atoms. The normalized spacial score (nSPS) is 19.7. The van der Waals surface area contributed by atoms with Crippen LogP contribution in [0.2, 0.25) is 0 Å². The summed E-state index contributed by atoms with van der Waals surface area (Å²) in [5.41, 5.74) is 1.62. The van der Waals surface area contributed by atoms with Crippen LogP contribution in [0.3, 0.4) is 0 Å². The van der Waals surface area contributed by atoms with Crippen molar-refractivity contribution in [2.75, 3.05) is 21.3 Å². The number of benzene rings is 2. The van der Waals surface area contributed by atoms with Crippen molar-refractivity contribution in [3.8, 4) is 11.5 Å². The molecule has 116 valence electrons. The second-order valence-corrected chi connectivity index (χ2v) is 7.07. The topological polar surface area (TPSA) is 55.8 Å². The fraction of sp³-hybridized carbons (Fsp3) is 0.250. The summed E-state index contributed by atoms with van der Waals surface area (Å²) in [5, 5.41) is 0. The Kier molecular flexibility index (Phi) is 3.58. The molecule has 5 nitrogen and oxygen atoms in total. The van der Waals surface area contributed by atoms with Crippen LogP contribution in [0.5, 0.6) is 11.5 Å². The van der Waals surface area contributed by atoms with Gasteiger partial charge in [0.2, 0.25) is 10.0 Å². The molecule has 6 heteroatoms. The molecule has 0 spiro atoms. The molecule has 1 atom stereocenters. The van der Waals surface area contributed by atoms with Gasteiger partial charge in [-0.3, -0.25) is 0 Å². The van der Waals surface area contributed by atoms with E-state index in [1.54, 1.807) is 39.5 Å². The van der Waals surface area contributed by atoms with Gasteiger partial charge in [0.25, 0.3) is 0 Å². The Morgan fingerprint density at radius 1 is 0.955 bits per heavy atom. The molecule has 1 aliphatic heterocycles. The first-order valence-corrected chi connectivity index (χ1v) is 8.23. The molecule has 0 aliphatic carbocycles. The maximum absolute atomic E-state index is 12.6. The number of sulfonamides is 1. The van der Waals surface area contributed by atoms with Crippen molar-refractivity contribution in [1.82, 2.24) is 4.31 Å². The van der Waals surface area contributed by atoms with E-state index in [2.05, 4.69) is 0 Å². The van der Waals surface area contributed by atoms with E-state index in [4.69, 9.17) is 9.47 Å². The minimum Gasteiger partial charge on any atom is -0.497 e. The van der Waals surface area contributed by atoms with Gasteiger partial charge in [-0.25, -0.2) is 8.42 Å². The summed E-state index contributed by atoms with van der Waals surface area (Å²) < 4.78 is 36.9. The highest BCUT2D eigenvalue weighted by Gasteiger charge is 2.41. The van der Waals surface area contributed by atoms with Crippen LogP contribution in [0.15, 0.2) is 47.4 Å². The summed E-state index contributed by atoms with van der Waals surface area (Å²) in [6.45, 7) is 0. The van der Waals surface area contributed by atoms with Gasteiger partial charge in [0.15, 0.2) is 0 Å². The van der Waals surface area contributed by atoms with E-state index >= 15 is 0 Å². The number of nitrogens with zero attached hydrogens (tertiary/aromatic N) is 1. The van der Waals surface area contributed by atoms with Crippen LogP contribution in [0.1, 0.15) is 17.2 Å². The lowest BCUT2D eigenvalue weighted by Gasteiger charge is -2.19. The number of hydrogen-bond acceptors (Lipinski definition) is 4. The highest BCUT2D eigenvalue weighted by Crippen LogP contribution is 2.43. The van der Waals surface area contributed by atoms with Gasteiger partial charge in [-0.1, -0.05) is 12.1 Å². The van der Waals surface area contributed by atoms with E-state index < -0.39 is 10.0 Å². The van der Waals surface area contributed by atoms with Crippen molar-refractivity contribution in [3.05, 3.63) is 53.6 Å². The third-order valence-electron chi connectivity index (χ3n) is 3.96. The summed E-state index contributed by atoms with van der Waals surface area (Å²) in [7, 11) is 1.28. The van der Waals surface area contributed by atoms with Crippen molar-refractivity contribution in [3.63, 3.8) is 0 Å². The Hall–Kier alpha value is -2.05. The minimum absolute atomic E-state index is 0.330. The van der Waals surface area contributed by atoms with E-state index in [0.29, 0.717) is 10.6 Å². The predicted molar refractivity (Wildman–Crippen MR) is 82.8 cm³/mol. The van der Waals surface area contributed by atoms with Crippen LogP contribution in [0, 0.1) is 0 Å². The summed E-state index contributed by atoms with van der Waals surface area (Å²) in [6, 6.07) is 12.1. The highest BCUT2D eigenvalue weighted by molar-refractivity contribution is 7.89. The molecular weight excluding hydrogens is 302 g/mol. The molecule has 2 aromatic carbocycles. The zero-order chi connectivity index (χ0) is 15.9. The summed E-state index contributed by atoms with van der Waals surface area (Å²) in [6.07, 6.45) is 0. The van der Waals surface area contributed by atoms with E-state index in [-0.39, 0.29) is 6.04 Å². The van der Waals surface area contributed by atoms with Crippen LogP contribution in [0.25, 0.3) is 0 Å². The van der Waals surface area contributed by atoms with Crippen molar-refractivity contribution in [1.29, 1.82) is 0 Å². The molecule has 1 aliphatic rings. The van der Waals surface area contributed by atoms with Gasteiger partial charge in [-0.15, -0.1) is 0 Å². The second-order valence-electron chi connectivity index (χ2n) is 5.10. The van der Waals surface area contributed by atoms with Crippen molar-refractivity contribution >= 4 is 10.0 Å². The molecule has 0 amide bonds. The van der Waals surface area contributed by atoms with Gasteiger partial charge < -0.3 is 9.47 Å². The third-order valence-corrected chi connectivity index (χ3v) is 5.86. The van der Waals surface area contributed by atoms with Gasteiger partial charge >= 0.3 is 0 Å². The number of rotatable bonds is 3. The molecule has 0 N–H and O–H groups in total. The Morgan fingerprint density at radius 3 is 2.14 bits per heavy atom. The highest BCUT2D eigenvalue weighted by atomic mass is 32.2. The predicted octanol–water partition coefficient (Wildman–Crippen LogP) is 2.43. The van der Waals surface area contributed by atoms with Gasteiger partial charge in [0.05, 0.1) is 25.2 Å². The number of fused-ring (bicyclic) bond motifs is 1. The molecule has 0 saturated carbocycles. The molecule has 0 radical (unpaired) electrons. The van der Waals surface area contributed by atoms with Crippen LogP contribution >= 0.6 is 0 Å². The van der Waals surface area contributed by atoms with Crippen LogP contribution in [0.4, 0.5) is 0 Å². The zero-order valence-electron chi connectivity index (χ0n) is 12.6. The molecule has 0 aromatic heterocycles. The number of ether oxygens (including phenoxy) is 2. The Balaban J connectivity index is 2.16. The summed E-state index contributed by atoms with van der Waals surface area (Å²) in [4.78, 5) is 0.330. The molecule has 1 heterocycles. The lowest BCUT2D eigenvalue weighted by molar-refractivity contribution is 0.409. The largest absolute Gasteiger partial charge is 0.497 e. The molecule has 0 saturated heterocycles. The monoisotopic (exact) mass is 319 g/mol. The van der Waals surface area contributed by atoms with Gasteiger partial charge in [-0.2, -0.15) is 4.31 Å². The minimum atomic E-state index is -3.48. The van der Waals surface area contributed by atoms with Crippen LogP contribution in [-0.2, 0) is 10.0 Å². The Labute approximate surface area is 130 Å². The van der Waals surface area contributed by atoms with E-state index in [1.807, 2.05) is 24.3 Å². The standard InChI is InChI=1S/C16H17NO4S/c1-17-16(11-4-6-12(20-2)7-5-11)14-10-13(21-3)8-9-15(14)22(17,18)19/h4-10,16H,1-3H3. The average molecular weight is 319 g/mol. The number of methoxy groups -OCH3 is 2. The number of hydrogen-bond donors (Lipinski definition) is 0. The van der Waals surface area contributed by atoms with Crippen molar-refractivity contribution in [2.45, 2.75) is 10.9 Å². The molecule has 1 unspecified atom stereocenters. The second kappa shape index (κ2) is 5.30.